The summed E-state index contributed by atoms with van der Waals surface area (Å²) in [5.41, 5.74) is 0.0869. The van der Waals surface area contributed by atoms with E-state index in [1.807, 2.05) is 6.92 Å². The molecule has 0 radical (unpaired) electrons. The Morgan fingerprint density at radius 3 is 2.23 bits per heavy atom. The third kappa shape index (κ3) is 3.37. The number of nitrogens with one attached hydrogen (secondary N) is 1. The number of carbonyl (C=O) groups is 1. The van der Waals surface area contributed by atoms with Crippen molar-refractivity contribution in [3.8, 4) is 0 Å². The first kappa shape index (κ1) is 10.6. The van der Waals surface area contributed by atoms with Crippen LogP contribution in [0, 0.1) is 0 Å². The molecule has 0 aromatic carbocycles. The second-order valence-electron chi connectivity index (χ2n) is 4.38. The van der Waals surface area contributed by atoms with Crippen LogP contribution in [0.2, 0.25) is 0 Å². The number of rotatable bonds is 2. The van der Waals surface area contributed by atoms with Crippen molar-refractivity contribution in [3.63, 3.8) is 0 Å². The number of hydrogen-bond acceptors (Lipinski definition) is 1. The van der Waals surface area contributed by atoms with Crippen molar-refractivity contribution in [1.82, 2.24) is 5.32 Å². The maximum Gasteiger partial charge on any atom is 0.220 e. The van der Waals surface area contributed by atoms with E-state index < -0.39 is 0 Å². The van der Waals surface area contributed by atoms with Crippen molar-refractivity contribution in [1.29, 1.82) is 0 Å². The van der Waals surface area contributed by atoms with Crippen LogP contribution < -0.4 is 5.32 Å². The van der Waals surface area contributed by atoms with E-state index in [2.05, 4.69) is 12.2 Å². The molecule has 0 heterocycles. The summed E-state index contributed by atoms with van der Waals surface area (Å²) in [4.78, 5) is 11.3. The van der Waals surface area contributed by atoms with E-state index in [0.29, 0.717) is 6.42 Å². The molecule has 2 nitrogen and oxygen atoms in total. The maximum atomic E-state index is 11.3. The lowest BCUT2D eigenvalue weighted by atomic mass is 9.92. The fourth-order valence-corrected chi connectivity index (χ4v) is 2.06. The standard InChI is InChI=1S/C11H21NO/c1-3-10(13)12-11(2)8-6-4-5-7-9-11/h3-9H2,1-2H3,(H,12,13). The van der Waals surface area contributed by atoms with E-state index in [1.54, 1.807) is 0 Å². The average molecular weight is 183 g/mol. The van der Waals surface area contributed by atoms with Crippen LogP contribution in [-0.2, 0) is 4.79 Å². The van der Waals surface area contributed by atoms with Gasteiger partial charge in [0.1, 0.15) is 0 Å². The summed E-state index contributed by atoms with van der Waals surface area (Å²) in [6.45, 7) is 4.10. The summed E-state index contributed by atoms with van der Waals surface area (Å²) < 4.78 is 0. The van der Waals surface area contributed by atoms with E-state index in [9.17, 15) is 4.79 Å². The number of carbonyl (C=O) groups excluding carboxylic acids is 1. The molecule has 0 unspecified atom stereocenters. The Morgan fingerprint density at radius 2 is 1.77 bits per heavy atom. The lowest BCUT2D eigenvalue weighted by Crippen LogP contribution is -2.45. The Hall–Kier alpha value is -0.530. The van der Waals surface area contributed by atoms with Gasteiger partial charge < -0.3 is 5.32 Å². The van der Waals surface area contributed by atoms with Crippen LogP contribution in [-0.4, -0.2) is 11.4 Å². The van der Waals surface area contributed by atoms with Crippen molar-refractivity contribution in [3.05, 3.63) is 0 Å². The van der Waals surface area contributed by atoms with E-state index >= 15 is 0 Å². The van der Waals surface area contributed by atoms with Crippen molar-refractivity contribution in [2.75, 3.05) is 0 Å². The van der Waals surface area contributed by atoms with Gasteiger partial charge in [0, 0.05) is 12.0 Å². The Kier molecular flexibility index (Phi) is 3.76. The smallest absolute Gasteiger partial charge is 0.220 e. The highest BCUT2D eigenvalue weighted by atomic mass is 16.1. The zero-order chi connectivity index (χ0) is 9.73. The molecule has 0 spiro atoms. The molecule has 0 aromatic rings. The minimum atomic E-state index is 0.0869. The van der Waals surface area contributed by atoms with Crippen molar-refractivity contribution >= 4 is 5.91 Å². The molecule has 1 rings (SSSR count). The Bertz CT molecular complexity index is 169. The third-order valence-corrected chi connectivity index (χ3v) is 2.97. The Labute approximate surface area is 81.1 Å². The average Bonchev–Trinajstić information content (AvgIpc) is 2.30. The third-order valence-electron chi connectivity index (χ3n) is 2.97. The summed E-state index contributed by atoms with van der Waals surface area (Å²) in [6.07, 6.45) is 8.10. The summed E-state index contributed by atoms with van der Waals surface area (Å²) >= 11 is 0. The molecule has 1 amide bonds. The molecule has 0 aromatic heterocycles. The van der Waals surface area contributed by atoms with Crippen LogP contribution in [0.5, 0.6) is 0 Å². The summed E-state index contributed by atoms with van der Waals surface area (Å²) in [6, 6.07) is 0. The van der Waals surface area contributed by atoms with Crippen molar-refractivity contribution < 1.29 is 4.79 Å². The fourth-order valence-electron chi connectivity index (χ4n) is 2.06. The maximum absolute atomic E-state index is 11.3. The van der Waals surface area contributed by atoms with Gasteiger partial charge in [0.25, 0.3) is 0 Å². The van der Waals surface area contributed by atoms with Crippen molar-refractivity contribution in [2.24, 2.45) is 0 Å². The summed E-state index contributed by atoms with van der Waals surface area (Å²) in [5.74, 6) is 0.199. The Balaban J connectivity index is 2.46. The predicted octanol–water partition coefficient (Wildman–Crippen LogP) is 2.63. The molecule has 1 saturated carbocycles. The number of hydrogen-bond donors (Lipinski definition) is 1. The predicted molar refractivity (Wildman–Crippen MR) is 54.5 cm³/mol. The van der Waals surface area contributed by atoms with Gasteiger partial charge in [-0.15, -0.1) is 0 Å². The van der Waals surface area contributed by atoms with E-state index in [-0.39, 0.29) is 11.4 Å². The normalized spacial score (nSPS) is 22.0. The van der Waals surface area contributed by atoms with Gasteiger partial charge in [0.2, 0.25) is 5.91 Å². The lowest BCUT2D eigenvalue weighted by molar-refractivity contribution is -0.122. The van der Waals surface area contributed by atoms with Gasteiger partial charge in [-0.1, -0.05) is 32.6 Å². The van der Waals surface area contributed by atoms with Gasteiger partial charge in [-0.3, -0.25) is 4.79 Å². The zero-order valence-electron chi connectivity index (χ0n) is 8.86. The SMILES string of the molecule is CCC(=O)NC1(C)CCCCCC1. The van der Waals surface area contributed by atoms with E-state index in [1.165, 1.54) is 25.7 Å². The van der Waals surface area contributed by atoms with Gasteiger partial charge in [-0.25, -0.2) is 0 Å². The monoisotopic (exact) mass is 183 g/mol. The molecule has 2 heteroatoms. The molecule has 1 fully saturated rings. The first-order chi connectivity index (χ1) is 6.16. The van der Waals surface area contributed by atoms with Gasteiger partial charge in [-0.2, -0.15) is 0 Å². The molecule has 0 saturated heterocycles. The summed E-state index contributed by atoms with van der Waals surface area (Å²) in [7, 11) is 0. The molecule has 1 aliphatic rings. The number of amides is 1. The molecule has 1 N–H and O–H groups in total. The van der Waals surface area contributed by atoms with E-state index in [4.69, 9.17) is 0 Å². The van der Waals surface area contributed by atoms with Crippen LogP contribution in [0.3, 0.4) is 0 Å². The highest BCUT2D eigenvalue weighted by molar-refractivity contribution is 5.76. The Morgan fingerprint density at radius 1 is 1.23 bits per heavy atom. The second-order valence-corrected chi connectivity index (χ2v) is 4.38. The molecule has 1 aliphatic carbocycles. The van der Waals surface area contributed by atoms with Crippen LogP contribution in [0.4, 0.5) is 0 Å². The minimum absolute atomic E-state index is 0.0869. The quantitative estimate of drug-likeness (QED) is 0.655. The highest BCUT2D eigenvalue weighted by Gasteiger charge is 2.26. The van der Waals surface area contributed by atoms with Crippen LogP contribution >= 0.6 is 0 Å². The molecule has 13 heavy (non-hydrogen) atoms. The largest absolute Gasteiger partial charge is 0.351 e. The molecule has 0 aliphatic heterocycles. The fraction of sp³-hybridized carbons (Fsp3) is 0.909. The molecular formula is C11H21NO. The van der Waals surface area contributed by atoms with Crippen LogP contribution in [0.15, 0.2) is 0 Å². The van der Waals surface area contributed by atoms with Crippen LogP contribution in [0.1, 0.15) is 58.8 Å². The minimum Gasteiger partial charge on any atom is -0.351 e. The van der Waals surface area contributed by atoms with Crippen LogP contribution in [0.25, 0.3) is 0 Å². The van der Waals surface area contributed by atoms with Gasteiger partial charge in [0.05, 0.1) is 0 Å². The first-order valence-electron chi connectivity index (χ1n) is 5.47. The first-order valence-corrected chi connectivity index (χ1v) is 5.47. The molecule has 0 bridgehead atoms. The summed E-state index contributed by atoms with van der Waals surface area (Å²) in [5, 5.41) is 3.15. The van der Waals surface area contributed by atoms with Gasteiger partial charge in [-0.05, 0) is 19.8 Å². The molecule has 76 valence electrons. The molecule has 0 atom stereocenters. The molecular weight excluding hydrogens is 162 g/mol. The highest BCUT2D eigenvalue weighted by Crippen LogP contribution is 2.26. The van der Waals surface area contributed by atoms with Crippen molar-refractivity contribution in [2.45, 2.75) is 64.3 Å². The van der Waals surface area contributed by atoms with Gasteiger partial charge in [0.15, 0.2) is 0 Å². The van der Waals surface area contributed by atoms with Gasteiger partial charge >= 0.3 is 0 Å². The topological polar surface area (TPSA) is 29.1 Å². The second kappa shape index (κ2) is 4.64. The van der Waals surface area contributed by atoms with E-state index in [0.717, 1.165) is 12.8 Å². The zero-order valence-corrected chi connectivity index (χ0v) is 8.86. The lowest BCUT2D eigenvalue weighted by Gasteiger charge is -2.29.